The highest BCUT2D eigenvalue weighted by molar-refractivity contribution is 6.33. The molecule has 3 fully saturated rings. The number of hydrogen-bond acceptors (Lipinski definition) is 7. The van der Waals surface area contributed by atoms with E-state index in [4.69, 9.17) is 23.2 Å². The second kappa shape index (κ2) is 19.8. The van der Waals surface area contributed by atoms with Crippen molar-refractivity contribution in [3.05, 3.63) is 33.8 Å². The number of halogens is 8. The number of carbonyl (C=O) groups is 7. The van der Waals surface area contributed by atoms with Crippen molar-refractivity contribution in [1.82, 2.24) is 36.0 Å². The van der Waals surface area contributed by atoms with Crippen LogP contribution in [0.4, 0.5) is 26.3 Å². The molecule has 14 nitrogen and oxygen atoms in total. The quantitative estimate of drug-likeness (QED) is 0.267. The van der Waals surface area contributed by atoms with Gasteiger partial charge in [0.2, 0.25) is 41.4 Å². The molecule has 63 heavy (non-hydrogen) atoms. The van der Waals surface area contributed by atoms with Crippen molar-refractivity contribution >= 4 is 64.6 Å². The molecule has 3 aliphatic rings. The van der Waals surface area contributed by atoms with Crippen molar-refractivity contribution in [2.24, 2.45) is 11.3 Å². The maximum atomic E-state index is 14.7. The summed E-state index contributed by atoms with van der Waals surface area (Å²) in [4.78, 5) is 99.0. The SMILES string of the molecule is CC(C)C[C@@H]1NC(=O)[C@@H](N(C)C(=O)[C@H](C)NC(=O)[C@@H]2C[C@@H](F)CN2C(=O)C2(C(F)(F)F)CC(F)(F)C2)CCCCNC(=O)C(C)(C)NC(=O)[C@H](Cc2cc(Cl)ccc2Cl)N(C)C1=O. The molecule has 0 spiro atoms. The van der Waals surface area contributed by atoms with Gasteiger partial charge in [-0.1, -0.05) is 37.0 Å². The number of rotatable bonds is 9. The zero-order valence-electron chi connectivity index (χ0n) is 36.1. The molecular formula is C41H55Cl2F6N7O7. The van der Waals surface area contributed by atoms with Gasteiger partial charge >= 0.3 is 6.18 Å². The first-order chi connectivity index (χ1) is 29.0. The van der Waals surface area contributed by atoms with Crippen molar-refractivity contribution < 1.29 is 59.9 Å². The second-order valence-corrected chi connectivity index (χ2v) is 18.6. The van der Waals surface area contributed by atoms with Gasteiger partial charge in [0.1, 0.15) is 41.9 Å². The van der Waals surface area contributed by atoms with Crippen LogP contribution < -0.4 is 21.3 Å². The van der Waals surface area contributed by atoms with Gasteiger partial charge in [0.05, 0.1) is 6.54 Å². The van der Waals surface area contributed by atoms with Crippen molar-refractivity contribution in [2.75, 3.05) is 27.2 Å². The van der Waals surface area contributed by atoms with Crippen LogP contribution >= 0.6 is 23.2 Å². The summed E-state index contributed by atoms with van der Waals surface area (Å²) in [5, 5.41) is 11.0. The molecule has 2 aliphatic heterocycles. The van der Waals surface area contributed by atoms with Crippen LogP contribution in [0.3, 0.4) is 0 Å². The monoisotopic (exact) mass is 941 g/mol. The normalized spacial score (nSPS) is 26.3. The Balaban J connectivity index is 1.60. The number of amides is 7. The smallest absolute Gasteiger partial charge is 0.354 e. The number of nitrogens with zero attached hydrogens (tertiary/aromatic N) is 3. The molecule has 1 aromatic carbocycles. The lowest BCUT2D eigenvalue weighted by Crippen LogP contribution is -2.65. The first-order valence-electron chi connectivity index (χ1n) is 20.6. The molecule has 0 unspecified atom stereocenters. The van der Waals surface area contributed by atoms with E-state index in [2.05, 4.69) is 21.3 Å². The van der Waals surface area contributed by atoms with Gasteiger partial charge in [0, 0.05) is 56.4 Å². The third-order valence-electron chi connectivity index (χ3n) is 11.8. The highest BCUT2D eigenvalue weighted by atomic mass is 35.5. The Morgan fingerprint density at radius 3 is 2.24 bits per heavy atom. The van der Waals surface area contributed by atoms with Gasteiger partial charge in [-0.05, 0) is 76.1 Å². The fraction of sp³-hybridized carbons (Fsp3) is 0.683. The van der Waals surface area contributed by atoms with Crippen LogP contribution in [0, 0.1) is 11.3 Å². The van der Waals surface area contributed by atoms with E-state index in [0.717, 1.165) is 9.80 Å². The van der Waals surface area contributed by atoms with E-state index in [9.17, 15) is 59.9 Å². The predicted octanol–water partition coefficient (Wildman–Crippen LogP) is 4.34. The first-order valence-corrected chi connectivity index (χ1v) is 21.4. The van der Waals surface area contributed by atoms with Crippen molar-refractivity contribution in [3.63, 3.8) is 0 Å². The van der Waals surface area contributed by atoms with Crippen LogP contribution in [-0.2, 0) is 40.0 Å². The molecule has 2 saturated heterocycles. The molecule has 0 aromatic heterocycles. The summed E-state index contributed by atoms with van der Waals surface area (Å²) in [6.45, 7) is 6.87. The summed E-state index contributed by atoms with van der Waals surface area (Å²) in [5.41, 5.74) is -4.57. The van der Waals surface area contributed by atoms with Gasteiger partial charge in [-0.15, -0.1) is 0 Å². The highest BCUT2D eigenvalue weighted by Crippen LogP contribution is 2.61. The molecule has 1 saturated carbocycles. The summed E-state index contributed by atoms with van der Waals surface area (Å²) >= 11 is 12.7. The van der Waals surface area contributed by atoms with E-state index in [1.54, 1.807) is 19.9 Å². The molecule has 2 heterocycles. The van der Waals surface area contributed by atoms with Crippen LogP contribution in [-0.4, -0.2) is 137 Å². The summed E-state index contributed by atoms with van der Waals surface area (Å²) < 4.78 is 84.4. The molecule has 4 rings (SSSR count). The van der Waals surface area contributed by atoms with E-state index in [0.29, 0.717) is 15.5 Å². The number of nitrogens with one attached hydrogen (secondary N) is 4. The summed E-state index contributed by atoms with van der Waals surface area (Å²) in [7, 11) is 2.60. The maximum absolute atomic E-state index is 14.7. The number of hydrogen-bond donors (Lipinski definition) is 4. The summed E-state index contributed by atoms with van der Waals surface area (Å²) in [6.07, 6.45) is -11.5. The lowest BCUT2D eigenvalue weighted by molar-refractivity contribution is -0.299. The lowest BCUT2D eigenvalue weighted by atomic mass is 9.64. The molecule has 0 radical (unpaired) electrons. The minimum atomic E-state index is -5.42. The zero-order valence-corrected chi connectivity index (χ0v) is 37.6. The minimum Gasteiger partial charge on any atom is -0.354 e. The van der Waals surface area contributed by atoms with Gasteiger partial charge in [-0.25, -0.2) is 13.2 Å². The molecule has 6 atom stereocenters. The molecule has 1 aliphatic carbocycles. The third kappa shape index (κ3) is 11.9. The Hall–Kier alpha value is -4.33. The molecule has 22 heteroatoms. The molecule has 0 bridgehead atoms. The molecule has 4 N–H and O–H groups in total. The van der Waals surface area contributed by atoms with E-state index >= 15 is 0 Å². The van der Waals surface area contributed by atoms with Gasteiger partial charge < -0.3 is 36.0 Å². The van der Waals surface area contributed by atoms with Crippen LogP contribution in [0.1, 0.15) is 85.1 Å². The third-order valence-corrected chi connectivity index (χ3v) is 12.4. The molecule has 1 aromatic rings. The van der Waals surface area contributed by atoms with Crippen LogP contribution in [0.2, 0.25) is 10.0 Å². The molecule has 352 valence electrons. The first kappa shape index (κ1) is 51.3. The standard InChI is InChI=1S/C41H55Cl2F6N7O7/c1-21(2)14-27-35(61)55(7)29(16-23-15-24(42)11-12-26(23)43)33(59)53-38(4,5)36(62)50-13-9-8-10-28(31(57)52-27)54(6)34(60)22(3)51-32(58)30-17-25(44)18-56(30)37(63)39(41(47,48)49)19-40(45,46)20-39/h11-12,15,21-22,25,27-30H,8-10,13-14,16-20H2,1-7H3,(H,50,62)(H,51,58)(H,52,57)(H,53,59)/t22-,25+,27-,28-,29-,30-/m0/s1. The summed E-state index contributed by atoms with van der Waals surface area (Å²) in [5.74, 6) is -10.7. The van der Waals surface area contributed by atoms with E-state index in [1.807, 2.05) is 0 Å². The van der Waals surface area contributed by atoms with Gasteiger partial charge in [0.15, 0.2) is 5.41 Å². The zero-order chi connectivity index (χ0) is 47.6. The number of benzene rings is 1. The molecular weight excluding hydrogens is 887 g/mol. The van der Waals surface area contributed by atoms with E-state index in [1.165, 1.54) is 47.0 Å². The maximum Gasteiger partial charge on any atom is 0.403 e. The van der Waals surface area contributed by atoms with Crippen LogP contribution in [0.5, 0.6) is 0 Å². The van der Waals surface area contributed by atoms with Crippen LogP contribution in [0.15, 0.2) is 18.2 Å². The second-order valence-electron chi connectivity index (χ2n) is 17.8. The fourth-order valence-corrected chi connectivity index (χ4v) is 8.56. The minimum absolute atomic E-state index is 0.0301. The van der Waals surface area contributed by atoms with Crippen molar-refractivity contribution in [2.45, 2.75) is 140 Å². The van der Waals surface area contributed by atoms with Gasteiger partial charge in [0.25, 0.3) is 5.92 Å². The van der Waals surface area contributed by atoms with Crippen molar-refractivity contribution in [3.8, 4) is 0 Å². The Bertz CT molecular complexity index is 1930. The molecule has 7 amide bonds. The van der Waals surface area contributed by atoms with E-state index in [-0.39, 0.29) is 49.6 Å². The highest BCUT2D eigenvalue weighted by Gasteiger charge is 2.75. The number of carbonyl (C=O) groups excluding carboxylic acids is 7. The van der Waals surface area contributed by atoms with Gasteiger partial charge in [-0.2, -0.15) is 13.2 Å². The average Bonchev–Trinajstić information content (AvgIpc) is 3.56. The predicted molar refractivity (Wildman–Crippen MR) is 219 cm³/mol. The van der Waals surface area contributed by atoms with Crippen LogP contribution in [0.25, 0.3) is 0 Å². The van der Waals surface area contributed by atoms with Gasteiger partial charge in [-0.3, -0.25) is 33.6 Å². The number of likely N-dealkylation sites (N-methyl/N-ethyl adjacent to an activating group) is 2. The lowest BCUT2D eigenvalue weighted by Gasteiger charge is -2.48. The van der Waals surface area contributed by atoms with E-state index < -0.39 is 127 Å². The Morgan fingerprint density at radius 2 is 1.65 bits per heavy atom. The Morgan fingerprint density at radius 1 is 1.02 bits per heavy atom. The topological polar surface area (TPSA) is 177 Å². The largest absolute Gasteiger partial charge is 0.403 e. The number of alkyl halides is 6. The number of likely N-dealkylation sites (tertiary alicyclic amines) is 1. The summed E-state index contributed by atoms with van der Waals surface area (Å²) in [6, 6.07) is -2.64. The Labute approximate surface area is 371 Å². The van der Waals surface area contributed by atoms with Crippen molar-refractivity contribution in [1.29, 1.82) is 0 Å². The Kier molecular flexibility index (Phi) is 16.1. The fourth-order valence-electron chi connectivity index (χ4n) is 8.18. The average molecular weight is 943 g/mol.